The second-order valence-corrected chi connectivity index (χ2v) is 8.72. The fraction of sp³-hybridized carbons (Fsp3) is 0.200. The number of hydrogen-bond donors (Lipinski definition) is 1. The maximum atomic E-state index is 12.4. The Balaban J connectivity index is 1.26. The lowest BCUT2D eigenvalue weighted by Gasteiger charge is -2.12. The molecule has 5 heteroatoms. The third kappa shape index (κ3) is 5.19. The van der Waals surface area contributed by atoms with Crippen LogP contribution in [0.2, 0.25) is 0 Å². The Morgan fingerprint density at radius 3 is 2.54 bits per heavy atom. The van der Waals surface area contributed by atoms with E-state index in [1.54, 1.807) is 7.11 Å². The first kappa shape index (κ1) is 22.7. The Bertz CT molecular complexity index is 1450. The van der Waals surface area contributed by atoms with Crippen molar-refractivity contribution in [3.8, 4) is 5.75 Å². The summed E-state index contributed by atoms with van der Waals surface area (Å²) in [5.41, 5.74) is 4.39. The van der Waals surface area contributed by atoms with Crippen molar-refractivity contribution in [1.82, 2.24) is 14.9 Å². The van der Waals surface area contributed by atoms with Gasteiger partial charge in [-0.05, 0) is 52.6 Å². The number of ether oxygens (including phenoxy) is 1. The van der Waals surface area contributed by atoms with Crippen LogP contribution in [0.15, 0.2) is 91.0 Å². The van der Waals surface area contributed by atoms with E-state index in [1.807, 2.05) is 30.3 Å². The van der Waals surface area contributed by atoms with Crippen molar-refractivity contribution < 1.29 is 9.53 Å². The van der Waals surface area contributed by atoms with Crippen LogP contribution in [0.3, 0.4) is 0 Å². The van der Waals surface area contributed by atoms with Crippen LogP contribution < -0.4 is 10.1 Å². The van der Waals surface area contributed by atoms with Crippen LogP contribution in [0, 0.1) is 0 Å². The third-order valence-corrected chi connectivity index (χ3v) is 6.37. The summed E-state index contributed by atoms with van der Waals surface area (Å²) in [6, 6.07) is 30.9. The number of fused-ring (bicyclic) bond motifs is 2. The highest BCUT2D eigenvalue weighted by molar-refractivity contribution is 5.86. The van der Waals surface area contributed by atoms with Gasteiger partial charge in [-0.25, -0.2) is 4.98 Å². The molecule has 4 aromatic carbocycles. The molecule has 1 aromatic heterocycles. The summed E-state index contributed by atoms with van der Waals surface area (Å²) in [4.78, 5) is 17.3. The van der Waals surface area contributed by atoms with Gasteiger partial charge in [0, 0.05) is 19.5 Å². The van der Waals surface area contributed by atoms with Crippen LogP contribution in [0.1, 0.15) is 23.4 Å². The molecule has 176 valence electrons. The number of methoxy groups -OCH3 is 1. The first-order chi connectivity index (χ1) is 17.2. The highest BCUT2D eigenvalue weighted by Gasteiger charge is 2.12. The molecule has 0 saturated carbocycles. The number of nitrogens with one attached hydrogen (secondary N) is 1. The molecule has 5 rings (SSSR count). The summed E-state index contributed by atoms with van der Waals surface area (Å²) in [6.07, 6.45) is 1.99. The number of aryl methyl sites for hydroxylation is 1. The van der Waals surface area contributed by atoms with Crippen molar-refractivity contribution in [2.45, 2.75) is 25.8 Å². The average Bonchev–Trinajstić information content (AvgIpc) is 3.24. The van der Waals surface area contributed by atoms with Crippen molar-refractivity contribution in [3.05, 3.63) is 108 Å². The second-order valence-electron chi connectivity index (χ2n) is 8.72. The topological polar surface area (TPSA) is 56.1 Å². The van der Waals surface area contributed by atoms with Crippen molar-refractivity contribution in [3.63, 3.8) is 0 Å². The minimum absolute atomic E-state index is 0.0272. The highest BCUT2D eigenvalue weighted by atomic mass is 16.5. The zero-order chi connectivity index (χ0) is 24.0. The number of amides is 1. The maximum Gasteiger partial charge on any atom is 0.224 e. The molecule has 0 aliphatic heterocycles. The molecule has 5 aromatic rings. The maximum absolute atomic E-state index is 12.4. The molecule has 1 amide bonds. The fourth-order valence-electron chi connectivity index (χ4n) is 4.56. The molecular weight excluding hydrogens is 434 g/mol. The number of hydrogen-bond acceptors (Lipinski definition) is 3. The number of rotatable bonds is 9. The van der Waals surface area contributed by atoms with Gasteiger partial charge in [-0.2, -0.15) is 0 Å². The van der Waals surface area contributed by atoms with Crippen molar-refractivity contribution >= 4 is 27.7 Å². The van der Waals surface area contributed by atoms with Gasteiger partial charge in [-0.1, -0.05) is 66.7 Å². The van der Waals surface area contributed by atoms with Gasteiger partial charge in [0.05, 0.1) is 24.6 Å². The van der Waals surface area contributed by atoms with Gasteiger partial charge >= 0.3 is 0 Å². The van der Waals surface area contributed by atoms with Crippen LogP contribution >= 0.6 is 0 Å². The molecule has 0 saturated heterocycles. The van der Waals surface area contributed by atoms with E-state index in [2.05, 4.69) is 70.5 Å². The normalized spacial score (nSPS) is 11.1. The van der Waals surface area contributed by atoms with E-state index in [0.29, 0.717) is 13.0 Å². The number of benzene rings is 4. The summed E-state index contributed by atoms with van der Waals surface area (Å²) in [6.45, 7) is 1.38. The van der Waals surface area contributed by atoms with E-state index in [-0.39, 0.29) is 5.91 Å². The summed E-state index contributed by atoms with van der Waals surface area (Å²) in [5, 5.41) is 5.56. The van der Waals surface area contributed by atoms with Crippen LogP contribution in [0.4, 0.5) is 0 Å². The largest absolute Gasteiger partial charge is 0.497 e. The predicted octanol–water partition coefficient (Wildman–Crippen LogP) is 5.54. The molecule has 0 bridgehead atoms. The van der Waals surface area contributed by atoms with E-state index in [0.717, 1.165) is 47.6 Å². The Labute approximate surface area is 205 Å². The SMILES string of the molecule is COc1ccc(CC(=O)NCCCc2nc3ccccc3n2Cc2cccc3ccccc23)cc1. The number of aromatic nitrogens is 2. The summed E-state index contributed by atoms with van der Waals surface area (Å²) in [7, 11) is 1.64. The van der Waals surface area contributed by atoms with Gasteiger partial charge in [-0.15, -0.1) is 0 Å². The number of nitrogens with zero attached hydrogens (tertiary/aromatic N) is 2. The smallest absolute Gasteiger partial charge is 0.224 e. The molecular formula is C30H29N3O2. The average molecular weight is 464 g/mol. The minimum atomic E-state index is 0.0272. The quantitative estimate of drug-likeness (QED) is 0.292. The number of para-hydroxylation sites is 2. The molecule has 0 atom stereocenters. The second kappa shape index (κ2) is 10.4. The van der Waals surface area contributed by atoms with Gasteiger partial charge < -0.3 is 14.6 Å². The third-order valence-electron chi connectivity index (χ3n) is 6.37. The molecule has 0 radical (unpaired) electrons. The Morgan fingerprint density at radius 1 is 0.914 bits per heavy atom. The van der Waals surface area contributed by atoms with Crippen molar-refractivity contribution in [2.24, 2.45) is 0 Å². The van der Waals surface area contributed by atoms with Crippen LogP contribution in [-0.2, 0) is 24.2 Å². The predicted molar refractivity (Wildman–Crippen MR) is 141 cm³/mol. The number of carbonyl (C=O) groups is 1. The standard InChI is InChI=1S/C30H29N3O2/c1-35-25-17-15-22(16-18-25)20-30(34)31-19-7-14-29-32-27-12-4-5-13-28(27)33(29)21-24-10-6-9-23-8-2-3-11-26(23)24/h2-6,8-13,15-18H,7,14,19-21H2,1H3,(H,31,34). The number of carbonyl (C=O) groups excluding carboxylic acids is 1. The minimum Gasteiger partial charge on any atom is -0.497 e. The molecule has 1 heterocycles. The Morgan fingerprint density at radius 2 is 1.69 bits per heavy atom. The Kier molecular flexibility index (Phi) is 6.75. The molecule has 0 aliphatic rings. The highest BCUT2D eigenvalue weighted by Crippen LogP contribution is 2.23. The lowest BCUT2D eigenvalue weighted by Crippen LogP contribution is -2.26. The first-order valence-electron chi connectivity index (χ1n) is 12.0. The zero-order valence-electron chi connectivity index (χ0n) is 19.9. The van der Waals surface area contributed by atoms with Crippen molar-refractivity contribution in [1.29, 1.82) is 0 Å². The molecule has 0 fully saturated rings. The van der Waals surface area contributed by atoms with E-state index in [4.69, 9.17) is 9.72 Å². The van der Waals surface area contributed by atoms with E-state index in [1.165, 1.54) is 16.3 Å². The van der Waals surface area contributed by atoms with E-state index in [9.17, 15) is 4.79 Å². The summed E-state index contributed by atoms with van der Waals surface area (Å²) in [5.74, 6) is 1.86. The number of imidazole rings is 1. The monoisotopic (exact) mass is 463 g/mol. The summed E-state index contributed by atoms with van der Waals surface area (Å²) >= 11 is 0. The van der Waals surface area contributed by atoms with Gasteiger partial charge in [0.15, 0.2) is 0 Å². The van der Waals surface area contributed by atoms with Gasteiger partial charge in [0.1, 0.15) is 11.6 Å². The molecule has 0 aliphatic carbocycles. The lowest BCUT2D eigenvalue weighted by molar-refractivity contribution is -0.120. The molecule has 5 nitrogen and oxygen atoms in total. The molecule has 0 spiro atoms. The van der Waals surface area contributed by atoms with Gasteiger partial charge in [-0.3, -0.25) is 4.79 Å². The zero-order valence-corrected chi connectivity index (χ0v) is 19.9. The van der Waals surface area contributed by atoms with Gasteiger partial charge in [0.25, 0.3) is 0 Å². The molecule has 1 N–H and O–H groups in total. The summed E-state index contributed by atoms with van der Waals surface area (Å²) < 4.78 is 7.49. The Hall–Kier alpha value is -4.12. The van der Waals surface area contributed by atoms with E-state index < -0.39 is 0 Å². The van der Waals surface area contributed by atoms with Crippen molar-refractivity contribution in [2.75, 3.05) is 13.7 Å². The van der Waals surface area contributed by atoms with E-state index >= 15 is 0 Å². The van der Waals surface area contributed by atoms with Crippen LogP contribution in [0.25, 0.3) is 21.8 Å². The van der Waals surface area contributed by atoms with Crippen LogP contribution in [-0.4, -0.2) is 29.1 Å². The lowest BCUT2D eigenvalue weighted by atomic mass is 10.0. The fourth-order valence-corrected chi connectivity index (χ4v) is 4.56. The van der Waals surface area contributed by atoms with Crippen LogP contribution in [0.5, 0.6) is 5.75 Å². The molecule has 35 heavy (non-hydrogen) atoms. The molecule has 0 unspecified atom stereocenters. The first-order valence-corrected chi connectivity index (χ1v) is 12.0. The van der Waals surface area contributed by atoms with Gasteiger partial charge in [0.2, 0.25) is 5.91 Å².